The Bertz CT molecular complexity index is 1220. The van der Waals surface area contributed by atoms with Crippen molar-refractivity contribution in [1.29, 1.82) is 0 Å². The Morgan fingerprint density at radius 1 is 0.784 bits per heavy atom. The number of rotatable bonds is 5. The first-order valence-corrected chi connectivity index (χ1v) is 13.3. The molecule has 6 nitrogen and oxygen atoms in total. The minimum absolute atomic E-state index is 0.00351. The molecule has 1 N–H and O–H groups in total. The normalized spacial score (nSPS) is 22.1. The third kappa shape index (κ3) is 4.80. The zero-order chi connectivity index (χ0) is 25.2. The molecule has 2 fully saturated rings. The molecule has 3 aromatic carbocycles. The van der Waals surface area contributed by atoms with Gasteiger partial charge in [0.1, 0.15) is 13.2 Å². The van der Waals surface area contributed by atoms with Crippen LogP contribution in [0.15, 0.2) is 78.9 Å². The summed E-state index contributed by atoms with van der Waals surface area (Å²) in [5, 5.41) is 3.04. The smallest absolute Gasteiger partial charge is 0.410 e. The van der Waals surface area contributed by atoms with Crippen molar-refractivity contribution in [2.75, 3.05) is 6.61 Å². The van der Waals surface area contributed by atoms with Gasteiger partial charge in [0.2, 0.25) is 0 Å². The molecule has 1 aliphatic carbocycles. The van der Waals surface area contributed by atoms with E-state index in [2.05, 4.69) is 41.7 Å². The molecule has 0 aromatic heterocycles. The summed E-state index contributed by atoms with van der Waals surface area (Å²) in [7, 11) is 0. The zero-order valence-electron chi connectivity index (χ0n) is 20.8. The number of benzene rings is 3. The Labute approximate surface area is 217 Å². The van der Waals surface area contributed by atoms with Crippen molar-refractivity contribution in [3.8, 4) is 11.1 Å². The summed E-state index contributed by atoms with van der Waals surface area (Å²) in [6.07, 6.45) is 3.76. The quantitative estimate of drug-likeness (QED) is 0.454. The van der Waals surface area contributed by atoms with Gasteiger partial charge in [-0.2, -0.15) is 0 Å². The maximum absolute atomic E-state index is 13.4. The van der Waals surface area contributed by atoms with Crippen molar-refractivity contribution in [2.45, 2.75) is 62.8 Å². The largest absolute Gasteiger partial charge is 0.448 e. The first kappa shape index (κ1) is 23.6. The molecule has 3 aliphatic rings. The summed E-state index contributed by atoms with van der Waals surface area (Å²) in [6.45, 7) is 0.578. The van der Waals surface area contributed by atoms with Gasteiger partial charge in [-0.1, -0.05) is 78.9 Å². The molecule has 2 aliphatic heterocycles. The number of ether oxygens (including phenoxy) is 2. The van der Waals surface area contributed by atoms with E-state index in [1.807, 2.05) is 47.4 Å². The van der Waals surface area contributed by atoms with Gasteiger partial charge >= 0.3 is 12.2 Å². The predicted molar refractivity (Wildman–Crippen MR) is 141 cm³/mol. The van der Waals surface area contributed by atoms with E-state index in [-0.39, 0.29) is 36.7 Å². The van der Waals surface area contributed by atoms with Crippen LogP contribution in [0.2, 0.25) is 0 Å². The fourth-order valence-electron chi connectivity index (χ4n) is 6.40. The fourth-order valence-corrected chi connectivity index (χ4v) is 6.40. The average molecular weight is 497 g/mol. The summed E-state index contributed by atoms with van der Waals surface area (Å²) < 4.78 is 11.4. The van der Waals surface area contributed by atoms with E-state index >= 15 is 0 Å². The highest BCUT2D eigenvalue weighted by Gasteiger charge is 2.42. The Morgan fingerprint density at radius 3 is 2.03 bits per heavy atom. The number of piperidine rings is 2. The molecule has 6 heteroatoms. The molecule has 2 heterocycles. The maximum atomic E-state index is 13.4. The lowest BCUT2D eigenvalue weighted by atomic mass is 9.82. The van der Waals surface area contributed by atoms with Crippen LogP contribution < -0.4 is 5.32 Å². The third-order valence-corrected chi connectivity index (χ3v) is 8.06. The number of fused-ring (bicyclic) bond motifs is 5. The van der Waals surface area contributed by atoms with E-state index in [4.69, 9.17) is 9.47 Å². The molecule has 2 amide bonds. The van der Waals surface area contributed by atoms with Gasteiger partial charge in [-0.3, -0.25) is 0 Å². The molecule has 0 spiro atoms. The van der Waals surface area contributed by atoms with Crippen molar-refractivity contribution >= 4 is 12.2 Å². The number of carbonyl (C=O) groups excluding carboxylic acids is 2. The topological polar surface area (TPSA) is 67.9 Å². The number of hydrogen-bond acceptors (Lipinski definition) is 4. The lowest BCUT2D eigenvalue weighted by molar-refractivity contribution is 0.0121. The summed E-state index contributed by atoms with van der Waals surface area (Å²) >= 11 is 0. The summed E-state index contributed by atoms with van der Waals surface area (Å²) in [5.41, 5.74) is 5.84. The second-order valence-corrected chi connectivity index (χ2v) is 10.3. The number of alkyl carbamates (subject to hydrolysis) is 1. The Hall–Kier alpha value is -3.80. The van der Waals surface area contributed by atoms with Crippen LogP contribution in [0.4, 0.5) is 9.59 Å². The van der Waals surface area contributed by atoms with Crippen LogP contribution in [0.25, 0.3) is 11.1 Å². The van der Waals surface area contributed by atoms with Gasteiger partial charge in [-0.25, -0.2) is 9.59 Å². The van der Waals surface area contributed by atoms with Crippen molar-refractivity contribution in [2.24, 2.45) is 0 Å². The van der Waals surface area contributed by atoms with Crippen LogP contribution in [0.5, 0.6) is 0 Å². The van der Waals surface area contributed by atoms with E-state index in [1.54, 1.807) is 0 Å². The van der Waals surface area contributed by atoms with Crippen LogP contribution >= 0.6 is 0 Å². The number of nitrogens with one attached hydrogen (secondary N) is 1. The van der Waals surface area contributed by atoms with E-state index in [1.165, 1.54) is 22.3 Å². The van der Waals surface area contributed by atoms with Crippen LogP contribution in [0, 0.1) is 0 Å². The Morgan fingerprint density at radius 2 is 1.38 bits per heavy atom. The van der Waals surface area contributed by atoms with Gasteiger partial charge in [0, 0.05) is 24.0 Å². The van der Waals surface area contributed by atoms with Gasteiger partial charge in [0.15, 0.2) is 0 Å². The van der Waals surface area contributed by atoms with Crippen LogP contribution in [-0.4, -0.2) is 41.8 Å². The monoisotopic (exact) mass is 496 g/mol. The van der Waals surface area contributed by atoms with Gasteiger partial charge in [0.05, 0.1) is 0 Å². The molecule has 0 saturated carbocycles. The third-order valence-electron chi connectivity index (χ3n) is 8.06. The SMILES string of the molecule is O=C(NC1CC2CCCC(C1)N2C(=O)OCC1c2ccccc2-c2ccccc21)OCc1ccccc1. The van der Waals surface area contributed by atoms with Crippen molar-refractivity contribution < 1.29 is 19.1 Å². The molecule has 2 atom stereocenters. The van der Waals surface area contributed by atoms with Gasteiger partial charge in [-0.15, -0.1) is 0 Å². The van der Waals surface area contributed by atoms with Crippen molar-refractivity contribution in [1.82, 2.24) is 10.2 Å². The predicted octanol–water partition coefficient (Wildman–Crippen LogP) is 6.25. The Kier molecular flexibility index (Phi) is 6.56. The van der Waals surface area contributed by atoms with Crippen LogP contribution in [0.3, 0.4) is 0 Å². The van der Waals surface area contributed by atoms with Crippen molar-refractivity contribution in [3.63, 3.8) is 0 Å². The molecule has 37 heavy (non-hydrogen) atoms. The van der Waals surface area contributed by atoms with Crippen LogP contribution in [0.1, 0.15) is 54.7 Å². The van der Waals surface area contributed by atoms with E-state index in [0.29, 0.717) is 6.61 Å². The number of nitrogens with zero attached hydrogens (tertiary/aromatic N) is 1. The standard InChI is InChI=1S/C31H32N2O4/c34-30(36-19-21-9-2-1-3-10-21)32-22-17-23-11-8-12-24(18-22)33(23)31(35)37-20-29-27-15-6-4-13-25(27)26-14-5-7-16-28(26)29/h1-7,9-10,13-16,22-24,29H,8,11-12,17-20H2,(H,32,34). The molecule has 190 valence electrons. The van der Waals surface area contributed by atoms with Gasteiger partial charge < -0.3 is 19.7 Å². The van der Waals surface area contributed by atoms with E-state index < -0.39 is 6.09 Å². The molecular formula is C31H32N2O4. The molecule has 0 radical (unpaired) electrons. The van der Waals surface area contributed by atoms with E-state index in [9.17, 15) is 9.59 Å². The molecule has 2 unspecified atom stereocenters. The van der Waals surface area contributed by atoms with Gasteiger partial charge in [0.25, 0.3) is 0 Å². The first-order chi connectivity index (χ1) is 18.2. The second kappa shape index (κ2) is 10.3. The average Bonchev–Trinajstić information content (AvgIpc) is 3.24. The summed E-state index contributed by atoms with van der Waals surface area (Å²) in [5.74, 6) is 0.0507. The highest BCUT2D eigenvalue weighted by atomic mass is 16.6. The number of amides is 2. The lowest BCUT2D eigenvalue weighted by Crippen LogP contribution is -2.59. The Balaban J connectivity index is 1.07. The minimum Gasteiger partial charge on any atom is -0.448 e. The number of hydrogen-bond donors (Lipinski definition) is 1. The molecular weight excluding hydrogens is 464 g/mol. The molecule has 2 bridgehead atoms. The van der Waals surface area contributed by atoms with Crippen LogP contribution in [-0.2, 0) is 16.1 Å². The highest BCUT2D eigenvalue weighted by molar-refractivity contribution is 5.79. The zero-order valence-corrected chi connectivity index (χ0v) is 20.8. The number of carbonyl (C=O) groups is 2. The minimum atomic E-state index is -0.401. The van der Waals surface area contributed by atoms with E-state index in [0.717, 1.165) is 37.7 Å². The van der Waals surface area contributed by atoms with Crippen molar-refractivity contribution in [3.05, 3.63) is 95.6 Å². The maximum Gasteiger partial charge on any atom is 0.410 e. The highest BCUT2D eigenvalue weighted by Crippen LogP contribution is 2.44. The van der Waals surface area contributed by atoms with Gasteiger partial charge in [-0.05, 0) is 59.9 Å². The first-order valence-electron chi connectivity index (χ1n) is 13.3. The molecule has 2 saturated heterocycles. The second-order valence-electron chi connectivity index (χ2n) is 10.3. The summed E-state index contributed by atoms with van der Waals surface area (Å²) in [6, 6.07) is 26.6. The fraction of sp³-hybridized carbons (Fsp3) is 0.355. The lowest BCUT2D eigenvalue weighted by Gasteiger charge is -2.48. The molecule has 3 aromatic rings. The summed E-state index contributed by atoms with van der Waals surface area (Å²) in [4.78, 5) is 27.8. The molecule has 6 rings (SSSR count).